The molecule has 2 atom stereocenters. The van der Waals surface area contributed by atoms with E-state index in [0.29, 0.717) is 41.9 Å². The van der Waals surface area contributed by atoms with E-state index in [1.807, 2.05) is 60.4 Å². The van der Waals surface area contributed by atoms with Gasteiger partial charge in [-0.15, -0.1) is 0 Å². The standard InChI is InChI=1S/C37H41N7O3/c1-22(39-36(45)24-7-4-3-5-8-24)29-15-12-25-18-31(43(34(25)40-29)20-23-10-11-23)35-41-30-17-26(37(46)42-16-6-9-27(38)21-42)19-32(47-2)33(30)44(35)28-13-14-28/h3-5,7-8,12,15,17-19,22-23,27-28H,6,9-11,13-14,16,20-21,38H2,1-2H3,(H,39,45)/t22-,27-/m1/s1. The van der Waals surface area contributed by atoms with Crippen LogP contribution < -0.4 is 15.8 Å². The van der Waals surface area contributed by atoms with Gasteiger partial charge in [0.2, 0.25) is 0 Å². The number of likely N-dealkylation sites (tertiary alicyclic amines) is 1. The minimum Gasteiger partial charge on any atom is -0.494 e. The fourth-order valence-corrected chi connectivity index (χ4v) is 6.97. The molecule has 3 N–H and O–H groups in total. The Kier molecular flexibility index (Phi) is 7.47. The smallest absolute Gasteiger partial charge is 0.254 e. The zero-order valence-corrected chi connectivity index (χ0v) is 27.0. The van der Waals surface area contributed by atoms with Gasteiger partial charge in [-0.3, -0.25) is 9.59 Å². The number of pyridine rings is 1. The maximum Gasteiger partial charge on any atom is 0.254 e. The lowest BCUT2D eigenvalue weighted by Crippen LogP contribution is -2.45. The summed E-state index contributed by atoms with van der Waals surface area (Å²) < 4.78 is 10.6. The minimum atomic E-state index is -0.273. The number of aromatic nitrogens is 4. The van der Waals surface area contributed by atoms with Crippen LogP contribution in [0.4, 0.5) is 0 Å². The first-order valence-corrected chi connectivity index (χ1v) is 16.9. The molecular formula is C37H41N7O3. The summed E-state index contributed by atoms with van der Waals surface area (Å²) in [7, 11) is 1.66. The molecule has 8 rings (SSSR count). The number of methoxy groups -OCH3 is 1. The molecule has 5 aromatic rings. The summed E-state index contributed by atoms with van der Waals surface area (Å²) in [5.41, 5.74) is 11.8. The predicted octanol–water partition coefficient (Wildman–Crippen LogP) is 5.86. The van der Waals surface area contributed by atoms with Crippen LogP contribution in [0, 0.1) is 5.92 Å². The molecule has 1 aliphatic heterocycles. The zero-order valence-electron chi connectivity index (χ0n) is 27.0. The molecule has 0 spiro atoms. The van der Waals surface area contributed by atoms with Gasteiger partial charge in [-0.25, -0.2) is 9.97 Å². The Morgan fingerprint density at radius 2 is 1.81 bits per heavy atom. The number of carbonyl (C=O) groups excluding carboxylic acids is 2. The summed E-state index contributed by atoms with van der Waals surface area (Å²) in [5.74, 6) is 1.97. The Balaban J connectivity index is 1.21. The van der Waals surface area contributed by atoms with Crippen LogP contribution in [0.15, 0.2) is 60.7 Å². The van der Waals surface area contributed by atoms with E-state index in [0.717, 1.165) is 71.5 Å². The van der Waals surface area contributed by atoms with Gasteiger partial charge < -0.3 is 29.8 Å². The van der Waals surface area contributed by atoms with Crippen molar-refractivity contribution in [1.29, 1.82) is 0 Å². The second-order valence-electron chi connectivity index (χ2n) is 13.5. The highest BCUT2D eigenvalue weighted by molar-refractivity contribution is 6.00. The van der Waals surface area contributed by atoms with E-state index in [-0.39, 0.29) is 23.9 Å². The van der Waals surface area contributed by atoms with Crippen molar-refractivity contribution >= 4 is 33.9 Å². The van der Waals surface area contributed by atoms with Crippen molar-refractivity contribution < 1.29 is 14.3 Å². The van der Waals surface area contributed by atoms with Crippen LogP contribution >= 0.6 is 0 Å². The fourth-order valence-electron chi connectivity index (χ4n) is 6.97. The Labute approximate surface area is 273 Å². The lowest BCUT2D eigenvalue weighted by Gasteiger charge is -2.30. The van der Waals surface area contributed by atoms with Gasteiger partial charge in [-0.1, -0.05) is 18.2 Å². The quantitative estimate of drug-likeness (QED) is 0.210. The lowest BCUT2D eigenvalue weighted by molar-refractivity contribution is 0.0708. The number of hydrogen-bond donors (Lipinski definition) is 2. The van der Waals surface area contributed by atoms with E-state index in [9.17, 15) is 9.59 Å². The Morgan fingerprint density at radius 3 is 2.53 bits per heavy atom. The number of piperidine rings is 1. The second-order valence-corrected chi connectivity index (χ2v) is 13.5. The third kappa shape index (κ3) is 5.65. The van der Waals surface area contributed by atoms with Gasteiger partial charge in [-0.05, 0) is 93.8 Å². The van der Waals surface area contributed by atoms with Crippen molar-refractivity contribution in [2.24, 2.45) is 11.7 Å². The van der Waals surface area contributed by atoms with Crippen LogP contribution in [0.5, 0.6) is 5.75 Å². The molecule has 2 aromatic carbocycles. The van der Waals surface area contributed by atoms with Gasteiger partial charge in [0.25, 0.3) is 11.8 Å². The molecule has 2 aliphatic carbocycles. The number of ether oxygens (including phenoxy) is 1. The third-order valence-corrected chi connectivity index (χ3v) is 9.83. The number of nitrogens with zero attached hydrogens (tertiary/aromatic N) is 5. The highest BCUT2D eigenvalue weighted by atomic mass is 16.5. The highest BCUT2D eigenvalue weighted by Crippen LogP contribution is 2.45. The van der Waals surface area contributed by atoms with Crippen LogP contribution in [-0.2, 0) is 6.54 Å². The molecule has 0 bridgehead atoms. The number of amides is 2. The Morgan fingerprint density at radius 1 is 1.00 bits per heavy atom. The van der Waals surface area contributed by atoms with Crippen molar-refractivity contribution in [3.8, 4) is 17.3 Å². The summed E-state index contributed by atoms with van der Waals surface area (Å²) >= 11 is 0. The number of imidazole rings is 1. The molecular weight excluding hydrogens is 590 g/mol. The highest BCUT2D eigenvalue weighted by Gasteiger charge is 2.34. The van der Waals surface area contributed by atoms with Crippen LogP contribution in [0.2, 0.25) is 0 Å². The molecule has 10 nitrogen and oxygen atoms in total. The zero-order chi connectivity index (χ0) is 32.2. The number of hydrogen-bond acceptors (Lipinski definition) is 6. The first-order valence-electron chi connectivity index (χ1n) is 16.9. The summed E-state index contributed by atoms with van der Waals surface area (Å²) in [4.78, 5) is 38.8. The summed E-state index contributed by atoms with van der Waals surface area (Å²) in [6, 6.07) is 19.4. The molecule has 3 fully saturated rings. The SMILES string of the molecule is COc1cc(C(=O)N2CCC[C@@H](N)C2)cc2nc(-c3cc4ccc([C@@H](C)NC(=O)c5ccccc5)nc4n3CC3CC3)n(C3CC3)c12. The van der Waals surface area contributed by atoms with E-state index in [2.05, 4.69) is 26.6 Å². The maximum atomic E-state index is 13.6. The molecule has 10 heteroatoms. The van der Waals surface area contributed by atoms with Crippen LogP contribution in [0.25, 0.3) is 33.6 Å². The van der Waals surface area contributed by atoms with E-state index >= 15 is 0 Å². The number of nitrogens with one attached hydrogen (secondary N) is 1. The minimum absolute atomic E-state index is 0.00429. The van der Waals surface area contributed by atoms with Gasteiger partial charge >= 0.3 is 0 Å². The monoisotopic (exact) mass is 631 g/mol. The molecule has 2 amide bonds. The summed E-state index contributed by atoms with van der Waals surface area (Å²) in [6.07, 6.45) is 6.37. The van der Waals surface area contributed by atoms with Gasteiger partial charge in [0, 0.05) is 48.2 Å². The van der Waals surface area contributed by atoms with Gasteiger partial charge in [-0.2, -0.15) is 0 Å². The van der Waals surface area contributed by atoms with Gasteiger partial charge in [0.15, 0.2) is 5.82 Å². The molecule has 4 heterocycles. The van der Waals surface area contributed by atoms with Crippen molar-refractivity contribution in [2.75, 3.05) is 20.2 Å². The molecule has 3 aliphatic rings. The number of fused-ring (bicyclic) bond motifs is 2. The normalized spacial score (nSPS) is 18.9. The third-order valence-electron chi connectivity index (χ3n) is 9.83. The Bertz CT molecular complexity index is 1990. The Hall–Kier alpha value is -4.70. The number of benzene rings is 2. The van der Waals surface area contributed by atoms with Crippen LogP contribution in [0.3, 0.4) is 0 Å². The molecule has 0 unspecified atom stereocenters. The van der Waals surface area contributed by atoms with Gasteiger partial charge in [0.1, 0.15) is 16.9 Å². The summed E-state index contributed by atoms with van der Waals surface area (Å²) in [5, 5.41) is 4.14. The second kappa shape index (κ2) is 11.8. The molecule has 3 aromatic heterocycles. The molecule has 0 radical (unpaired) electrons. The van der Waals surface area contributed by atoms with E-state index < -0.39 is 0 Å². The van der Waals surface area contributed by atoms with Crippen molar-refractivity contribution in [2.45, 2.75) is 70.1 Å². The van der Waals surface area contributed by atoms with E-state index in [4.69, 9.17) is 20.4 Å². The van der Waals surface area contributed by atoms with E-state index in [1.54, 1.807) is 7.11 Å². The first kappa shape index (κ1) is 29.7. The molecule has 2 saturated carbocycles. The number of rotatable bonds is 9. The lowest BCUT2D eigenvalue weighted by atomic mass is 10.0. The van der Waals surface area contributed by atoms with Crippen LogP contribution in [0.1, 0.15) is 83.9 Å². The van der Waals surface area contributed by atoms with E-state index in [1.165, 1.54) is 12.8 Å². The number of carbonyl (C=O) groups is 2. The largest absolute Gasteiger partial charge is 0.494 e. The summed E-state index contributed by atoms with van der Waals surface area (Å²) in [6.45, 7) is 4.09. The van der Waals surface area contributed by atoms with Crippen LogP contribution in [-0.4, -0.2) is 62.1 Å². The maximum absolute atomic E-state index is 13.6. The predicted molar refractivity (Wildman–Crippen MR) is 181 cm³/mol. The average Bonchev–Trinajstić information content (AvgIpc) is 4.03. The number of nitrogens with two attached hydrogens (primary N) is 1. The van der Waals surface area contributed by atoms with Crippen molar-refractivity contribution in [1.82, 2.24) is 29.3 Å². The average molecular weight is 632 g/mol. The molecule has 242 valence electrons. The fraction of sp³-hybridized carbons (Fsp3) is 0.405. The van der Waals surface area contributed by atoms with Crippen molar-refractivity contribution in [3.63, 3.8) is 0 Å². The molecule has 1 saturated heterocycles. The van der Waals surface area contributed by atoms with Crippen molar-refractivity contribution in [3.05, 3.63) is 77.5 Å². The first-order chi connectivity index (χ1) is 22.9. The van der Waals surface area contributed by atoms with Gasteiger partial charge in [0.05, 0.1) is 30.1 Å². The topological polar surface area (TPSA) is 120 Å². The molecule has 47 heavy (non-hydrogen) atoms.